The predicted molar refractivity (Wildman–Crippen MR) is 102 cm³/mol. The summed E-state index contributed by atoms with van der Waals surface area (Å²) in [6, 6.07) is 16.2. The molecule has 25 heavy (non-hydrogen) atoms. The Bertz CT molecular complexity index is 837. The van der Waals surface area contributed by atoms with Crippen LogP contribution in [0.4, 0.5) is 11.8 Å². The summed E-state index contributed by atoms with van der Waals surface area (Å²) in [5, 5.41) is 15.2. The highest BCUT2D eigenvalue weighted by atomic mass is 35.5. The van der Waals surface area contributed by atoms with E-state index in [0.29, 0.717) is 24.9 Å². The number of hydrogen-bond acceptors (Lipinski definition) is 5. The van der Waals surface area contributed by atoms with E-state index in [2.05, 4.69) is 50.9 Å². The molecule has 1 aromatic heterocycles. The summed E-state index contributed by atoms with van der Waals surface area (Å²) in [7, 11) is 0. The molecule has 0 aliphatic carbocycles. The molecule has 0 radical (unpaired) electrons. The number of nitrogens with zero attached hydrogens (tertiary/aromatic N) is 3. The molecule has 0 bridgehead atoms. The quantitative estimate of drug-likeness (QED) is 0.669. The number of rotatable bonds is 7. The van der Waals surface area contributed by atoms with Crippen LogP contribution in [0.15, 0.2) is 54.7 Å². The SMILES string of the molecule is Cc1cccc(CNc2cnnc(NCCc3cccc(Cl)c3)n2)c1. The highest BCUT2D eigenvalue weighted by molar-refractivity contribution is 6.30. The minimum absolute atomic E-state index is 0.510. The van der Waals surface area contributed by atoms with Gasteiger partial charge in [0.2, 0.25) is 5.95 Å². The molecule has 0 atom stereocenters. The normalized spacial score (nSPS) is 10.5. The molecule has 3 aromatic rings. The average molecular weight is 354 g/mol. The van der Waals surface area contributed by atoms with Crippen LogP contribution in [-0.4, -0.2) is 21.7 Å². The Morgan fingerprint density at radius 2 is 1.84 bits per heavy atom. The molecule has 0 fully saturated rings. The van der Waals surface area contributed by atoms with E-state index in [1.54, 1.807) is 6.20 Å². The van der Waals surface area contributed by atoms with Crippen molar-refractivity contribution in [2.24, 2.45) is 0 Å². The van der Waals surface area contributed by atoms with Crippen LogP contribution in [0.2, 0.25) is 5.02 Å². The molecule has 0 unspecified atom stereocenters. The topological polar surface area (TPSA) is 62.7 Å². The Morgan fingerprint density at radius 1 is 1.00 bits per heavy atom. The van der Waals surface area contributed by atoms with E-state index in [9.17, 15) is 0 Å². The van der Waals surface area contributed by atoms with Crippen LogP contribution in [0.3, 0.4) is 0 Å². The lowest BCUT2D eigenvalue weighted by molar-refractivity contribution is 0.921. The van der Waals surface area contributed by atoms with Gasteiger partial charge in [-0.2, -0.15) is 10.1 Å². The zero-order chi connectivity index (χ0) is 17.5. The number of hydrogen-bond donors (Lipinski definition) is 2. The molecule has 5 nitrogen and oxygen atoms in total. The van der Waals surface area contributed by atoms with E-state index in [4.69, 9.17) is 11.6 Å². The van der Waals surface area contributed by atoms with Crippen molar-refractivity contribution < 1.29 is 0 Å². The number of nitrogens with one attached hydrogen (secondary N) is 2. The number of halogens is 1. The standard InChI is InChI=1S/C19H20ClN5/c1-14-4-2-6-16(10-14)12-22-18-13-23-25-19(24-18)21-9-8-15-5-3-7-17(20)11-15/h2-7,10-11,13H,8-9,12H2,1H3,(H2,21,22,24,25). The first-order valence-corrected chi connectivity index (χ1v) is 8.54. The van der Waals surface area contributed by atoms with Crippen LogP contribution in [-0.2, 0) is 13.0 Å². The first-order valence-electron chi connectivity index (χ1n) is 8.16. The van der Waals surface area contributed by atoms with E-state index in [0.717, 1.165) is 11.4 Å². The average Bonchev–Trinajstić information content (AvgIpc) is 2.61. The summed E-state index contributed by atoms with van der Waals surface area (Å²) in [6.45, 7) is 3.49. The van der Waals surface area contributed by atoms with E-state index in [-0.39, 0.29) is 0 Å². The maximum absolute atomic E-state index is 5.99. The van der Waals surface area contributed by atoms with Gasteiger partial charge in [0.1, 0.15) is 0 Å². The zero-order valence-corrected chi connectivity index (χ0v) is 14.8. The summed E-state index contributed by atoms with van der Waals surface area (Å²) < 4.78 is 0. The molecule has 0 aliphatic heterocycles. The van der Waals surface area contributed by atoms with Crippen molar-refractivity contribution in [1.29, 1.82) is 0 Å². The van der Waals surface area contributed by atoms with Crippen molar-refractivity contribution in [2.45, 2.75) is 19.9 Å². The molecule has 0 saturated heterocycles. The molecule has 0 spiro atoms. The van der Waals surface area contributed by atoms with Crippen LogP contribution < -0.4 is 10.6 Å². The van der Waals surface area contributed by atoms with E-state index >= 15 is 0 Å². The maximum Gasteiger partial charge on any atom is 0.244 e. The predicted octanol–water partition coefficient (Wildman–Crippen LogP) is 4.10. The number of benzene rings is 2. The molecule has 2 aromatic carbocycles. The Hall–Kier alpha value is -2.66. The summed E-state index contributed by atoms with van der Waals surface area (Å²) >= 11 is 5.99. The fourth-order valence-corrected chi connectivity index (χ4v) is 2.70. The maximum atomic E-state index is 5.99. The summed E-state index contributed by atoms with van der Waals surface area (Å²) in [5.74, 6) is 1.21. The van der Waals surface area contributed by atoms with Crippen molar-refractivity contribution in [2.75, 3.05) is 17.2 Å². The molecular formula is C19H20ClN5. The minimum atomic E-state index is 0.510. The largest absolute Gasteiger partial charge is 0.365 e. The third-order valence-corrected chi connectivity index (χ3v) is 3.94. The monoisotopic (exact) mass is 353 g/mol. The molecule has 6 heteroatoms. The van der Waals surface area contributed by atoms with Crippen molar-refractivity contribution in [3.63, 3.8) is 0 Å². The van der Waals surface area contributed by atoms with E-state index in [1.807, 2.05) is 30.3 Å². The lowest BCUT2D eigenvalue weighted by Gasteiger charge is -2.08. The highest BCUT2D eigenvalue weighted by Gasteiger charge is 2.01. The van der Waals surface area contributed by atoms with Crippen molar-refractivity contribution in [3.8, 4) is 0 Å². The first kappa shape index (κ1) is 17.2. The van der Waals surface area contributed by atoms with Crippen molar-refractivity contribution in [1.82, 2.24) is 15.2 Å². The lowest BCUT2D eigenvalue weighted by atomic mass is 10.1. The van der Waals surface area contributed by atoms with Gasteiger partial charge in [-0.3, -0.25) is 0 Å². The second kappa shape index (κ2) is 8.44. The summed E-state index contributed by atoms with van der Waals surface area (Å²) in [6.07, 6.45) is 2.46. The Morgan fingerprint density at radius 3 is 2.68 bits per heavy atom. The van der Waals surface area contributed by atoms with Crippen molar-refractivity contribution >= 4 is 23.4 Å². The van der Waals surface area contributed by atoms with Gasteiger partial charge < -0.3 is 10.6 Å². The molecule has 0 saturated carbocycles. The fraction of sp³-hybridized carbons (Fsp3) is 0.211. The fourth-order valence-electron chi connectivity index (χ4n) is 2.49. The highest BCUT2D eigenvalue weighted by Crippen LogP contribution is 2.12. The minimum Gasteiger partial charge on any atom is -0.365 e. The summed E-state index contributed by atoms with van der Waals surface area (Å²) in [5.41, 5.74) is 3.61. The molecular weight excluding hydrogens is 334 g/mol. The number of anilines is 2. The van der Waals surface area contributed by atoms with Gasteiger partial charge in [-0.25, -0.2) is 0 Å². The number of aromatic nitrogens is 3. The van der Waals surface area contributed by atoms with Gasteiger partial charge in [0, 0.05) is 18.1 Å². The third-order valence-electron chi connectivity index (χ3n) is 3.70. The molecule has 128 valence electrons. The van der Waals surface area contributed by atoms with Crippen LogP contribution in [0, 0.1) is 6.92 Å². The van der Waals surface area contributed by atoms with Gasteiger partial charge in [0.05, 0.1) is 6.20 Å². The second-order valence-corrected chi connectivity index (χ2v) is 6.25. The Balaban J connectivity index is 1.52. The van der Waals surface area contributed by atoms with Crippen LogP contribution in [0.1, 0.15) is 16.7 Å². The molecule has 0 amide bonds. The number of aryl methyl sites for hydroxylation is 1. The van der Waals surface area contributed by atoms with Gasteiger partial charge in [-0.1, -0.05) is 53.6 Å². The smallest absolute Gasteiger partial charge is 0.244 e. The molecule has 0 aliphatic rings. The Labute approximate surface area is 152 Å². The van der Waals surface area contributed by atoms with Gasteiger partial charge in [-0.05, 0) is 36.6 Å². The summed E-state index contributed by atoms with van der Waals surface area (Å²) in [4.78, 5) is 4.44. The second-order valence-electron chi connectivity index (χ2n) is 5.81. The first-order chi connectivity index (χ1) is 12.2. The van der Waals surface area contributed by atoms with Crippen LogP contribution >= 0.6 is 11.6 Å². The van der Waals surface area contributed by atoms with Gasteiger partial charge in [0.15, 0.2) is 5.82 Å². The third kappa shape index (κ3) is 5.43. The zero-order valence-electron chi connectivity index (χ0n) is 14.0. The van der Waals surface area contributed by atoms with Gasteiger partial charge in [-0.15, -0.1) is 5.10 Å². The molecule has 3 rings (SSSR count). The Kier molecular flexibility index (Phi) is 5.80. The van der Waals surface area contributed by atoms with Gasteiger partial charge in [0.25, 0.3) is 0 Å². The lowest BCUT2D eigenvalue weighted by Crippen LogP contribution is -2.10. The van der Waals surface area contributed by atoms with Crippen LogP contribution in [0.5, 0.6) is 0 Å². The molecule has 1 heterocycles. The van der Waals surface area contributed by atoms with Crippen molar-refractivity contribution in [3.05, 3.63) is 76.4 Å². The van der Waals surface area contributed by atoms with E-state index < -0.39 is 0 Å². The molecule has 2 N–H and O–H groups in total. The van der Waals surface area contributed by atoms with Gasteiger partial charge >= 0.3 is 0 Å². The van der Waals surface area contributed by atoms with E-state index in [1.165, 1.54) is 16.7 Å². The van der Waals surface area contributed by atoms with Crippen LogP contribution in [0.25, 0.3) is 0 Å².